The van der Waals surface area contributed by atoms with E-state index in [1.165, 1.54) is 25.9 Å². The molecule has 1 heterocycles. The van der Waals surface area contributed by atoms with E-state index >= 15 is 0 Å². The molecule has 1 rings (SSSR count). The molecule has 1 saturated heterocycles. The third-order valence-electron chi connectivity index (χ3n) is 1.33. The van der Waals surface area contributed by atoms with Gasteiger partial charge in [0.1, 0.15) is 6.79 Å². The van der Waals surface area contributed by atoms with Crippen LogP contribution >= 0.6 is 0 Å². The van der Waals surface area contributed by atoms with Crippen LogP contribution < -0.4 is 0 Å². The van der Waals surface area contributed by atoms with Crippen LogP contribution in [0.2, 0.25) is 0 Å². The number of carbonyl (C=O) groups excluding carboxylic acids is 1. The van der Waals surface area contributed by atoms with Gasteiger partial charge in [0.25, 0.3) is 0 Å². The van der Waals surface area contributed by atoms with Gasteiger partial charge >= 0.3 is 0 Å². The van der Waals surface area contributed by atoms with Crippen LogP contribution in [0.5, 0.6) is 0 Å². The van der Waals surface area contributed by atoms with Gasteiger partial charge in [-0.25, -0.2) is 0 Å². The minimum atomic E-state index is 1.32. The quantitative estimate of drug-likeness (QED) is 0.515. The first kappa shape index (κ1) is 12.3. The number of nitrogens with zero attached hydrogens (tertiary/aromatic N) is 1. The van der Waals surface area contributed by atoms with E-state index in [0.29, 0.717) is 0 Å². The van der Waals surface area contributed by atoms with E-state index in [4.69, 9.17) is 4.79 Å². The van der Waals surface area contributed by atoms with E-state index in [-0.39, 0.29) is 0 Å². The third-order valence-corrected chi connectivity index (χ3v) is 1.33. The van der Waals surface area contributed by atoms with Crippen molar-refractivity contribution in [3.8, 4) is 0 Å². The number of hydrogen-bond acceptors (Lipinski definition) is 2. The number of rotatable bonds is 0. The average Bonchev–Trinajstić information content (AvgIpc) is 2.48. The van der Waals surface area contributed by atoms with Gasteiger partial charge < -0.3 is 9.69 Å². The fourth-order valence-corrected chi connectivity index (χ4v) is 0.875. The van der Waals surface area contributed by atoms with Crippen molar-refractivity contribution in [1.29, 1.82) is 0 Å². The summed E-state index contributed by atoms with van der Waals surface area (Å²) in [7, 11) is 2.17. The first-order chi connectivity index (χ1) is 4.89. The van der Waals surface area contributed by atoms with E-state index in [1.807, 2.05) is 20.6 Å². The highest BCUT2D eigenvalue weighted by molar-refractivity contribution is 5.10. The van der Waals surface area contributed by atoms with E-state index < -0.39 is 0 Å². The first-order valence-electron chi connectivity index (χ1n) is 3.87. The van der Waals surface area contributed by atoms with Crippen molar-refractivity contribution in [3.63, 3.8) is 0 Å². The van der Waals surface area contributed by atoms with Gasteiger partial charge in [-0.05, 0) is 33.0 Å². The lowest BCUT2D eigenvalue weighted by atomic mass is 10.4. The maximum atomic E-state index is 8.00. The predicted octanol–water partition coefficient (Wildman–Crippen LogP) is 1.55. The molecule has 2 heteroatoms. The van der Waals surface area contributed by atoms with Crippen molar-refractivity contribution < 1.29 is 4.79 Å². The Morgan fingerprint density at radius 3 is 1.50 bits per heavy atom. The van der Waals surface area contributed by atoms with Crippen molar-refractivity contribution >= 4 is 6.79 Å². The summed E-state index contributed by atoms with van der Waals surface area (Å²) < 4.78 is 0. The Morgan fingerprint density at radius 1 is 1.10 bits per heavy atom. The van der Waals surface area contributed by atoms with Crippen molar-refractivity contribution in [2.75, 3.05) is 20.1 Å². The summed E-state index contributed by atoms with van der Waals surface area (Å²) in [5, 5.41) is 0. The highest BCUT2D eigenvalue weighted by Crippen LogP contribution is 2.01. The lowest BCUT2D eigenvalue weighted by Crippen LogP contribution is -2.10. The number of likely N-dealkylation sites (tertiary alicyclic amines) is 1. The Bertz CT molecular complexity index is 51.2. The zero-order valence-corrected chi connectivity index (χ0v) is 7.39. The monoisotopic (exact) mass is 145 g/mol. The van der Waals surface area contributed by atoms with Crippen molar-refractivity contribution in [2.24, 2.45) is 0 Å². The summed E-state index contributed by atoms with van der Waals surface area (Å²) in [6.45, 7) is 8.64. The van der Waals surface area contributed by atoms with Crippen LogP contribution in [0.25, 0.3) is 0 Å². The largest absolute Gasteiger partial charge is 0.307 e. The van der Waals surface area contributed by atoms with Crippen LogP contribution in [0, 0.1) is 0 Å². The highest BCUT2D eigenvalue weighted by Gasteiger charge is 2.03. The maximum Gasteiger partial charge on any atom is 0.106 e. The minimum Gasteiger partial charge on any atom is -0.307 e. The van der Waals surface area contributed by atoms with Crippen LogP contribution in [0.1, 0.15) is 26.7 Å². The lowest BCUT2D eigenvalue weighted by Gasteiger charge is -2.01. The molecule has 0 saturated carbocycles. The molecule has 0 aromatic carbocycles. The molecule has 0 atom stereocenters. The minimum absolute atomic E-state index is 1.32. The van der Waals surface area contributed by atoms with Crippen LogP contribution in [-0.4, -0.2) is 31.8 Å². The van der Waals surface area contributed by atoms with E-state index in [1.54, 1.807) is 0 Å². The fraction of sp³-hybridized carbons (Fsp3) is 0.875. The van der Waals surface area contributed by atoms with E-state index in [0.717, 1.165) is 0 Å². The number of hydrogen-bond donors (Lipinski definition) is 0. The van der Waals surface area contributed by atoms with Gasteiger partial charge in [0, 0.05) is 0 Å². The van der Waals surface area contributed by atoms with Crippen LogP contribution in [0.3, 0.4) is 0 Å². The van der Waals surface area contributed by atoms with Gasteiger partial charge in [0.2, 0.25) is 0 Å². The Balaban J connectivity index is 0. The summed E-state index contributed by atoms with van der Waals surface area (Å²) >= 11 is 0. The Kier molecular flexibility index (Phi) is 14.1. The molecule has 0 N–H and O–H groups in total. The van der Waals surface area contributed by atoms with E-state index in [2.05, 4.69) is 11.9 Å². The SMILES string of the molecule is C=O.CC.CN1CCCC1. The standard InChI is InChI=1S/C5H11N.C2H6.CH2O/c1-6-4-2-3-5-6;2*1-2/h2-5H2,1H3;1-2H3;1H2. The molecule has 0 unspecified atom stereocenters. The Labute approximate surface area is 64.2 Å². The second kappa shape index (κ2) is 11.4. The molecular weight excluding hydrogens is 126 g/mol. The Morgan fingerprint density at radius 2 is 1.40 bits per heavy atom. The van der Waals surface area contributed by atoms with Crippen molar-refractivity contribution in [2.45, 2.75) is 26.7 Å². The summed E-state index contributed by atoms with van der Waals surface area (Å²) in [5.74, 6) is 0. The Hall–Kier alpha value is -0.370. The molecule has 1 aliphatic heterocycles. The molecule has 0 spiro atoms. The fourth-order valence-electron chi connectivity index (χ4n) is 0.875. The molecule has 0 radical (unpaired) electrons. The van der Waals surface area contributed by atoms with Crippen LogP contribution in [0.4, 0.5) is 0 Å². The van der Waals surface area contributed by atoms with Crippen LogP contribution in [0.15, 0.2) is 0 Å². The average molecular weight is 145 g/mol. The molecule has 0 bridgehead atoms. The van der Waals surface area contributed by atoms with Crippen molar-refractivity contribution in [3.05, 3.63) is 0 Å². The molecule has 0 aromatic heterocycles. The smallest absolute Gasteiger partial charge is 0.106 e. The summed E-state index contributed by atoms with van der Waals surface area (Å²) in [6.07, 6.45) is 2.83. The molecule has 1 fully saturated rings. The molecule has 10 heavy (non-hydrogen) atoms. The molecule has 2 nitrogen and oxygen atoms in total. The zero-order valence-electron chi connectivity index (χ0n) is 7.39. The second-order valence-corrected chi connectivity index (χ2v) is 2.01. The summed E-state index contributed by atoms with van der Waals surface area (Å²) in [5.41, 5.74) is 0. The van der Waals surface area contributed by atoms with Crippen molar-refractivity contribution in [1.82, 2.24) is 4.90 Å². The zero-order chi connectivity index (χ0) is 8.41. The molecule has 0 aliphatic carbocycles. The lowest BCUT2D eigenvalue weighted by molar-refractivity contribution is -0.0979. The van der Waals surface area contributed by atoms with E-state index in [9.17, 15) is 0 Å². The third kappa shape index (κ3) is 7.63. The van der Waals surface area contributed by atoms with Gasteiger partial charge in [-0.3, -0.25) is 0 Å². The van der Waals surface area contributed by atoms with Gasteiger partial charge in [-0.1, -0.05) is 13.8 Å². The predicted molar refractivity (Wildman–Crippen MR) is 45.2 cm³/mol. The molecule has 62 valence electrons. The normalized spacial score (nSPS) is 16.3. The van der Waals surface area contributed by atoms with Gasteiger partial charge in [-0.15, -0.1) is 0 Å². The first-order valence-corrected chi connectivity index (χ1v) is 3.87. The topological polar surface area (TPSA) is 20.3 Å². The molecule has 1 aliphatic rings. The highest BCUT2D eigenvalue weighted by atomic mass is 16.1. The molecular formula is C8H19NO. The summed E-state index contributed by atoms with van der Waals surface area (Å²) in [6, 6.07) is 0. The number of carbonyl (C=O) groups is 1. The molecule has 0 aromatic rings. The van der Waals surface area contributed by atoms with Gasteiger partial charge in [0.15, 0.2) is 0 Å². The second-order valence-electron chi connectivity index (χ2n) is 2.01. The maximum absolute atomic E-state index is 8.00. The van der Waals surface area contributed by atoms with Gasteiger partial charge in [0.05, 0.1) is 0 Å². The molecule has 0 amide bonds. The summed E-state index contributed by atoms with van der Waals surface area (Å²) in [4.78, 5) is 10.4. The van der Waals surface area contributed by atoms with Gasteiger partial charge in [-0.2, -0.15) is 0 Å². The van der Waals surface area contributed by atoms with Crippen LogP contribution in [-0.2, 0) is 4.79 Å².